The molecule has 0 spiro atoms. The molecule has 1 heterocycles. The first-order valence-electron chi connectivity index (χ1n) is 8.28. The maximum Gasteiger partial charge on any atom is 0.122 e. The van der Waals surface area contributed by atoms with Gasteiger partial charge in [-0.25, -0.2) is 0 Å². The zero-order chi connectivity index (χ0) is 18.0. The molecular formula is C18H28O6. The molecule has 136 valence electrons. The van der Waals surface area contributed by atoms with Crippen molar-refractivity contribution in [2.24, 2.45) is 0 Å². The van der Waals surface area contributed by atoms with E-state index < -0.39 is 37.1 Å². The average molecular weight is 340 g/mol. The second-order valence-electron chi connectivity index (χ2n) is 6.75. The largest absolute Gasteiger partial charge is 0.496 e. The fourth-order valence-electron chi connectivity index (χ4n) is 3.16. The Kier molecular flexibility index (Phi) is 6.22. The number of rotatable bonds is 5. The minimum absolute atomic E-state index is 0.272. The van der Waals surface area contributed by atoms with Gasteiger partial charge in [0.1, 0.15) is 30.2 Å². The Morgan fingerprint density at radius 2 is 1.71 bits per heavy atom. The lowest BCUT2D eigenvalue weighted by Gasteiger charge is -2.40. The summed E-state index contributed by atoms with van der Waals surface area (Å²) in [6.07, 6.45) is -5.10. The van der Waals surface area contributed by atoms with Crippen molar-refractivity contribution in [3.05, 3.63) is 28.8 Å². The highest BCUT2D eigenvalue weighted by molar-refractivity contribution is 5.44. The second kappa shape index (κ2) is 7.80. The summed E-state index contributed by atoms with van der Waals surface area (Å²) < 4.78 is 11.0. The smallest absolute Gasteiger partial charge is 0.122 e. The molecule has 1 aliphatic heterocycles. The minimum Gasteiger partial charge on any atom is -0.496 e. The van der Waals surface area contributed by atoms with Crippen LogP contribution in [0.4, 0.5) is 0 Å². The van der Waals surface area contributed by atoms with Gasteiger partial charge < -0.3 is 29.9 Å². The van der Waals surface area contributed by atoms with Gasteiger partial charge in [0.15, 0.2) is 0 Å². The minimum atomic E-state index is -1.34. The van der Waals surface area contributed by atoms with Crippen molar-refractivity contribution in [3.8, 4) is 5.75 Å². The first-order chi connectivity index (χ1) is 11.3. The van der Waals surface area contributed by atoms with Gasteiger partial charge in [0.2, 0.25) is 0 Å². The molecule has 6 heteroatoms. The molecule has 6 nitrogen and oxygen atoms in total. The Hall–Kier alpha value is -1.18. The highest BCUT2D eigenvalue weighted by Crippen LogP contribution is 2.32. The number of hydrogen-bond acceptors (Lipinski definition) is 6. The van der Waals surface area contributed by atoms with Gasteiger partial charge in [0.05, 0.1) is 19.8 Å². The van der Waals surface area contributed by atoms with E-state index in [1.54, 1.807) is 7.11 Å². The van der Waals surface area contributed by atoms with E-state index >= 15 is 0 Å². The molecule has 1 aliphatic rings. The van der Waals surface area contributed by atoms with E-state index in [1.807, 2.05) is 19.1 Å². The summed E-state index contributed by atoms with van der Waals surface area (Å²) in [5, 5.41) is 39.3. The summed E-state index contributed by atoms with van der Waals surface area (Å²) in [4.78, 5) is 0. The molecule has 0 amide bonds. The standard InChI is InChI=1S/C18H28O6/c1-9(2)12-6-11(10(3)5-13(12)23-4)7-14-16(20)18(22)17(21)15(8-19)24-14/h5-6,9,14-22H,7-8H2,1-4H3/t14-,15+,16-,17+,18+/m0/s1. The van der Waals surface area contributed by atoms with Crippen LogP contribution in [0.5, 0.6) is 5.75 Å². The topological polar surface area (TPSA) is 99.4 Å². The van der Waals surface area contributed by atoms with Crippen LogP contribution in [0.2, 0.25) is 0 Å². The number of benzene rings is 1. The van der Waals surface area contributed by atoms with Crippen LogP contribution in [0, 0.1) is 6.92 Å². The molecule has 4 N–H and O–H groups in total. The lowest BCUT2D eigenvalue weighted by Crippen LogP contribution is -2.59. The quantitative estimate of drug-likeness (QED) is 0.623. The van der Waals surface area contributed by atoms with Gasteiger partial charge in [-0.3, -0.25) is 0 Å². The van der Waals surface area contributed by atoms with Crippen molar-refractivity contribution in [2.75, 3.05) is 13.7 Å². The van der Waals surface area contributed by atoms with Crippen molar-refractivity contribution in [1.82, 2.24) is 0 Å². The summed E-state index contributed by atoms with van der Waals surface area (Å²) in [6, 6.07) is 3.98. The zero-order valence-corrected chi connectivity index (χ0v) is 14.6. The van der Waals surface area contributed by atoms with Crippen molar-refractivity contribution in [3.63, 3.8) is 0 Å². The summed E-state index contributed by atoms with van der Waals surface area (Å²) in [5.74, 6) is 1.09. The van der Waals surface area contributed by atoms with Gasteiger partial charge in [-0.05, 0) is 35.6 Å². The molecule has 2 rings (SSSR count). The normalized spacial score (nSPS) is 30.6. The van der Waals surface area contributed by atoms with Crippen LogP contribution in [0.1, 0.15) is 36.5 Å². The highest BCUT2D eigenvalue weighted by atomic mass is 16.5. The molecule has 1 saturated heterocycles. The molecule has 5 atom stereocenters. The van der Waals surface area contributed by atoms with E-state index in [2.05, 4.69) is 13.8 Å². The lowest BCUT2D eigenvalue weighted by atomic mass is 9.88. The number of aryl methyl sites for hydroxylation is 1. The third kappa shape index (κ3) is 3.73. The van der Waals surface area contributed by atoms with Crippen LogP contribution < -0.4 is 4.74 Å². The molecule has 1 aromatic rings. The van der Waals surface area contributed by atoms with Crippen LogP contribution in [-0.2, 0) is 11.2 Å². The second-order valence-corrected chi connectivity index (χ2v) is 6.75. The SMILES string of the molecule is COc1cc(C)c(C[C@@H]2O[C@H](CO)[C@@H](O)[C@H](O)[C@H]2O)cc1C(C)C. The van der Waals surface area contributed by atoms with Crippen LogP contribution in [0.15, 0.2) is 12.1 Å². The Bertz CT molecular complexity index is 557. The van der Waals surface area contributed by atoms with E-state index in [1.165, 1.54) is 0 Å². The summed E-state index contributed by atoms with van der Waals surface area (Å²) in [5.41, 5.74) is 3.03. The van der Waals surface area contributed by atoms with Crippen molar-refractivity contribution in [1.29, 1.82) is 0 Å². The van der Waals surface area contributed by atoms with Crippen molar-refractivity contribution < 1.29 is 29.9 Å². The number of aliphatic hydroxyl groups excluding tert-OH is 4. The lowest BCUT2D eigenvalue weighted by molar-refractivity contribution is -0.228. The van der Waals surface area contributed by atoms with Crippen LogP contribution in [0.3, 0.4) is 0 Å². The molecule has 0 unspecified atom stereocenters. The van der Waals surface area contributed by atoms with Crippen LogP contribution in [0.25, 0.3) is 0 Å². The van der Waals surface area contributed by atoms with E-state index in [9.17, 15) is 20.4 Å². The van der Waals surface area contributed by atoms with Gasteiger partial charge in [0, 0.05) is 6.42 Å². The number of aliphatic hydroxyl groups is 4. The van der Waals surface area contributed by atoms with Crippen molar-refractivity contribution >= 4 is 0 Å². The van der Waals surface area contributed by atoms with Gasteiger partial charge in [0.25, 0.3) is 0 Å². The molecule has 0 radical (unpaired) electrons. The Balaban J connectivity index is 2.28. The molecule has 0 saturated carbocycles. The Labute approximate surface area is 142 Å². The molecule has 1 aromatic carbocycles. The summed E-state index contributed by atoms with van der Waals surface area (Å²) in [7, 11) is 1.64. The number of hydrogen-bond donors (Lipinski definition) is 4. The van der Waals surface area contributed by atoms with Gasteiger partial charge >= 0.3 is 0 Å². The molecule has 0 bridgehead atoms. The predicted octanol–water partition coefficient (Wildman–Crippen LogP) is 0.512. The molecule has 0 aliphatic carbocycles. The van der Waals surface area contributed by atoms with Crippen LogP contribution in [-0.4, -0.2) is 64.7 Å². The molecular weight excluding hydrogens is 312 g/mol. The van der Waals surface area contributed by atoms with E-state index in [0.29, 0.717) is 6.42 Å². The van der Waals surface area contributed by atoms with Crippen molar-refractivity contribution in [2.45, 2.75) is 63.6 Å². The zero-order valence-electron chi connectivity index (χ0n) is 14.6. The summed E-state index contributed by atoms with van der Waals surface area (Å²) >= 11 is 0. The Morgan fingerprint density at radius 1 is 1.08 bits per heavy atom. The third-order valence-electron chi connectivity index (χ3n) is 4.72. The average Bonchev–Trinajstić information content (AvgIpc) is 2.56. The van der Waals surface area contributed by atoms with Gasteiger partial charge in [-0.2, -0.15) is 0 Å². The fraction of sp³-hybridized carbons (Fsp3) is 0.667. The first-order valence-corrected chi connectivity index (χ1v) is 8.28. The number of methoxy groups -OCH3 is 1. The monoisotopic (exact) mass is 340 g/mol. The predicted molar refractivity (Wildman–Crippen MR) is 89.3 cm³/mol. The maximum absolute atomic E-state index is 10.2. The van der Waals surface area contributed by atoms with Gasteiger partial charge in [-0.15, -0.1) is 0 Å². The first kappa shape index (κ1) is 19.1. The fourth-order valence-corrected chi connectivity index (χ4v) is 3.16. The number of ether oxygens (including phenoxy) is 2. The Morgan fingerprint density at radius 3 is 2.25 bits per heavy atom. The molecule has 0 aromatic heterocycles. The van der Waals surface area contributed by atoms with E-state index in [4.69, 9.17) is 9.47 Å². The van der Waals surface area contributed by atoms with E-state index in [0.717, 1.165) is 22.4 Å². The van der Waals surface area contributed by atoms with E-state index in [-0.39, 0.29) is 5.92 Å². The summed E-state index contributed by atoms with van der Waals surface area (Å²) in [6.45, 7) is 5.68. The maximum atomic E-state index is 10.2. The molecule has 1 fully saturated rings. The van der Waals surface area contributed by atoms with Crippen LogP contribution >= 0.6 is 0 Å². The third-order valence-corrected chi connectivity index (χ3v) is 4.72. The highest BCUT2D eigenvalue weighted by Gasteiger charge is 2.43. The van der Waals surface area contributed by atoms with Gasteiger partial charge in [-0.1, -0.05) is 19.9 Å². The molecule has 24 heavy (non-hydrogen) atoms.